The van der Waals surface area contributed by atoms with Crippen molar-refractivity contribution in [1.29, 1.82) is 0 Å². The molecule has 0 bridgehead atoms. The largest absolute Gasteiger partial charge is 0.366 e. The maximum atomic E-state index is 4.62. The molecule has 1 fully saturated rings. The molecule has 1 aromatic carbocycles. The quantitative estimate of drug-likeness (QED) is 0.776. The number of aromatic amines is 1. The molecule has 0 saturated carbocycles. The van der Waals surface area contributed by atoms with Crippen molar-refractivity contribution in [2.75, 3.05) is 18.4 Å². The Bertz CT molecular complexity index is 750. The van der Waals surface area contributed by atoms with E-state index in [2.05, 4.69) is 62.6 Å². The summed E-state index contributed by atoms with van der Waals surface area (Å²) in [6, 6.07) is 17.4. The lowest BCUT2D eigenvalue weighted by Crippen LogP contribution is -2.26. The van der Waals surface area contributed by atoms with E-state index in [1.807, 2.05) is 12.3 Å². The zero-order chi connectivity index (χ0) is 14.8. The smallest absolute Gasteiger partial charge is 0.139 e. The topological polar surface area (TPSA) is 44.0 Å². The Balaban J connectivity index is 1.38. The SMILES string of the molecule is c1ccc(CN2CC[C@@H](Nc3ccc4cc[nH]c4n3)C2)cc1. The molecule has 4 heteroatoms. The van der Waals surface area contributed by atoms with Crippen LogP contribution in [0.4, 0.5) is 5.82 Å². The van der Waals surface area contributed by atoms with Gasteiger partial charge in [0.15, 0.2) is 0 Å². The molecular weight excluding hydrogens is 272 g/mol. The molecule has 4 rings (SSSR count). The minimum atomic E-state index is 0.476. The summed E-state index contributed by atoms with van der Waals surface area (Å²) < 4.78 is 0. The van der Waals surface area contributed by atoms with E-state index in [0.717, 1.165) is 42.9 Å². The number of benzene rings is 1. The average molecular weight is 292 g/mol. The molecule has 3 aromatic rings. The fourth-order valence-electron chi connectivity index (χ4n) is 3.16. The molecular formula is C18H20N4. The van der Waals surface area contributed by atoms with E-state index in [1.54, 1.807) is 0 Å². The van der Waals surface area contributed by atoms with Gasteiger partial charge in [0.2, 0.25) is 0 Å². The first-order valence-electron chi connectivity index (χ1n) is 7.84. The van der Waals surface area contributed by atoms with Gasteiger partial charge < -0.3 is 10.3 Å². The maximum Gasteiger partial charge on any atom is 0.139 e. The van der Waals surface area contributed by atoms with Crippen molar-refractivity contribution in [2.24, 2.45) is 0 Å². The second kappa shape index (κ2) is 5.81. The van der Waals surface area contributed by atoms with Crippen LogP contribution in [0.1, 0.15) is 12.0 Å². The highest BCUT2D eigenvalue weighted by Gasteiger charge is 2.22. The standard InChI is InChI=1S/C18H20N4/c1-2-4-14(5-3-1)12-22-11-9-16(13-22)20-17-7-6-15-8-10-19-18(15)21-17/h1-8,10,16H,9,11-13H2,(H2,19,20,21)/t16-/m1/s1. The van der Waals surface area contributed by atoms with Gasteiger partial charge in [-0.05, 0) is 30.2 Å². The van der Waals surface area contributed by atoms with Crippen molar-refractivity contribution in [2.45, 2.75) is 19.0 Å². The zero-order valence-corrected chi connectivity index (χ0v) is 12.5. The van der Waals surface area contributed by atoms with Gasteiger partial charge in [-0.15, -0.1) is 0 Å². The van der Waals surface area contributed by atoms with Crippen LogP contribution in [0, 0.1) is 0 Å². The Hall–Kier alpha value is -2.33. The summed E-state index contributed by atoms with van der Waals surface area (Å²) in [5.74, 6) is 0.960. The van der Waals surface area contributed by atoms with Crippen LogP contribution in [0.2, 0.25) is 0 Å². The second-order valence-electron chi connectivity index (χ2n) is 5.96. The summed E-state index contributed by atoms with van der Waals surface area (Å²) in [6.45, 7) is 3.23. The van der Waals surface area contributed by atoms with Crippen LogP contribution >= 0.6 is 0 Å². The minimum absolute atomic E-state index is 0.476. The predicted octanol–water partition coefficient (Wildman–Crippen LogP) is 3.25. The Morgan fingerprint density at radius 2 is 2.05 bits per heavy atom. The Kier molecular flexibility index (Phi) is 3.52. The van der Waals surface area contributed by atoms with Gasteiger partial charge in [0.05, 0.1) is 0 Å². The van der Waals surface area contributed by atoms with Crippen LogP contribution in [-0.2, 0) is 6.54 Å². The first kappa shape index (κ1) is 13.3. The molecule has 3 heterocycles. The van der Waals surface area contributed by atoms with Crippen molar-refractivity contribution in [3.8, 4) is 0 Å². The predicted molar refractivity (Wildman–Crippen MR) is 89.8 cm³/mol. The third kappa shape index (κ3) is 2.83. The third-order valence-electron chi connectivity index (χ3n) is 4.28. The number of nitrogens with one attached hydrogen (secondary N) is 2. The summed E-state index contributed by atoms with van der Waals surface area (Å²) in [5.41, 5.74) is 2.33. The molecule has 0 aliphatic carbocycles. The van der Waals surface area contributed by atoms with E-state index in [-0.39, 0.29) is 0 Å². The molecule has 2 aromatic heterocycles. The number of nitrogens with zero attached hydrogens (tertiary/aromatic N) is 2. The average Bonchev–Trinajstić information content (AvgIpc) is 3.17. The van der Waals surface area contributed by atoms with Crippen LogP contribution < -0.4 is 5.32 Å². The fourth-order valence-corrected chi connectivity index (χ4v) is 3.16. The molecule has 1 atom stereocenters. The highest BCUT2D eigenvalue weighted by molar-refractivity contribution is 5.77. The van der Waals surface area contributed by atoms with Gasteiger partial charge in [0.25, 0.3) is 0 Å². The molecule has 4 nitrogen and oxygen atoms in total. The monoisotopic (exact) mass is 292 g/mol. The van der Waals surface area contributed by atoms with E-state index in [1.165, 1.54) is 5.56 Å². The third-order valence-corrected chi connectivity index (χ3v) is 4.28. The lowest BCUT2D eigenvalue weighted by atomic mass is 10.2. The second-order valence-corrected chi connectivity index (χ2v) is 5.96. The number of likely N-dealkylation sites (tertiary alicyclic amines) is 1. The van der Waals surface area contributed by atoms with Gasteiger partial charge >= 0.3 is 0 Å². The zero-order valence-electron chi connectivity index (χ0n) is 12.5. The van der Waals surface area contributed by atoms with Crippen LogP contribution in [-0.4, -0.2) is 34.0 Å². The van der Waals surface area contributed by atoms with Gasteiger partial charge in [-0.25, -0.2) is 4.98 Å². The van der Waals surface area contributed by atoms with Crippen LogP contribution in [0.25, 0.3) is 11.0 Å². The number of anilines is 1. The van der Waals surface area contributed by atoms with Crippen LogP contribution in [0.5, 0.6) is 0 Å². The Labute approximate surface area is 130 Å². The summed E-state index contributed by atoms with van der Waals surface area (Å²) in [4.78, 5) is 10.3. The summed E-state index contributed by atoms with van der Waals surface area (Å²) in [5, 5.41) is 4.72. The number of pyridine rings is 1. The molecule has 0 amide bonds. The maximum absolute atomic E-state index is 4.62. The van der Waals surface area contributed by atoms with Gasteiger partial charge in [0.1, 0.15) is 11.5 Å². The summed E-state index contributed by atoms with van der Waals surface area (Å²) in [6.07, 6.45) is 3.09. The van der Waals surface area contributed by atoms with E-state index in [4.69, 9.17) is 0 Å². The number of fused-ring (bicyclic) bond motifs is 1. The molecule has 22 heavy (non-hydrogen) atoms. The highest BCUT2D eigenvalue weighted by Crippen LogP contribution is 2.19. The Morgan fingerprint density at radius 3 is 2.95 bits per heavy atom. The minimum Gasteiger partial charge on any atom is -0.366 e. The summed E-state index contributed by atoms with van der Waals surface area (Å²) >= 11 is 0. The van der Waals surface area contributed by atoms with Crippen molar-refractivity contribution >= 4 is 16.9 Å². The Morgan fingerprint density at radius 1 is 1.14 bits per heavy atom. The molecule has 1 saturated heterocycles. The molecule has 0 spiro atoms. The van der Waals surface area contributed by atoms with E-state index in [0.29, 0.717) is 6.04 Å². The van der Waals surface area contributed by atoms with Gasteiger partial charge in [-0.2, -0.15) is 0 Å². The number of rotatable bonds is 4. The molecule has 0 radical (unpaired) electrons. The van der Waals surface area contributed by atoms with E-state index < -0.39 is 0 Å². The van der Waals surface area contributed by atoms with Crippen LogP contribution in [0.15, 0.2) is 54.7 Å². The van der Waals surface area contributed by atoms with E-state index in [9.17, 15) is 0 Å². The van der Waals surface area contributed by atoms with Gasteiger partial charge in [-0.1, -0.05) is 30.3 Å². The van der Waals surface area contributed by atoms with E-state index >= 15 is 0 Å². The number of hydrogen-bond acceptors (Lipinski definition) is 3. The molecule has 1 aliphatic rings. The molecule has 0 unspecified atom stereocenters. The number of hydrogen-bond donors (Lipinski definition) is 2. The highest BCUT2D eigenvalue weighted by atomic mass is 15.2. The van der Waals surface area contributed by atoms with Crippen molar-refractivity contribution in [3.05, 3.63) is 60.3 Å². The normalized spacial score (nSPS) is 18.8. The van der Waals surface area contributed by atoms with Crippen molar-refractivity contribution < 1.29 is 0 Å². The first-order chi connectivity index (χ1) is 10.9. The lowest BCUT2D eigenvalue weighted by molar-refractivity contribution is 0.328. The first-order valence-corrected chi connectivity index (χ1v) is 7.84. The lowest BCUT2D eigenvalue weighted by Gasteiger charge is -2.17. The summed E-state index contributed by atoms with van der Waals surface area (Å²) in [7, 11) is 0. The van der Waals surface area contributed by atoms with Gasteiger partial charge in [0, 0.05) is 37.3 Å². The molecule has 112 valence electrons. The van der Waals surface area contributed by atoms with Crippen molar-refractivity contribution in [3.63, 3.8) is 0 Å². The fraction of sp³-hybridized carbons (Fsp3) is 0.278. The van der Waals surface area contributed by atoms with Crippen LogP contribution in [0.3, 0.4) is 0 Å². The molecule has 1 aliphatic heterocycles. The van der Waals surface area contributed by atoms with Gasteiger partial charge in [-0.3, -0.25) is 4.90 Å². The molecule has 2 N–H and O–H groups in total. The number of aromatic nitrogens is 2. The van der Waals surface area contributed by atoms with Crippen molar-refractivity contribution in [1.82, 2.24) is 14.9 Å². The number of H-pyrrole nitrogens is 1.